The van der Waals surface area contributed by atoms with E-state index >= 15 is 0 Å². The van der Waals surface area contributed by atoms with Crippen molar-refractivity contribution in [3.05, 3.63) is 29.8 Å². The molecule has 5 nitrogen and oxygen atoms in total. The van der Waals surface area contributed by atoms with Gasteiger partial charge in [-0.05, 0) is 48.9 Å². The second-order valence-corrected chi connectivity index (χ2v) is 6.49. The molecule has 1 saturated heterocycles. The Morgan fingerprint density at radius 3 is 2.48 bits per heavy atom. The van der Waals surface area contributed by atoms with Crippen molar-refractivity contribution < 1.29 is 32.6 Å². The van der Waals surface area contributed by atoms with E-state index in [1.54, 1.807) is 0 Å². The molecule has 1 amide bonds. The third kappa shape index (κ3) is 3.57. The number of carboxylic acids is 1. The maximum absolute atomic E-state index is 12.5. The molecule has 3 unspecified atom stereocenters. The monoisotopic (exact) mass is 357 g/mol. The number of carbonyl (C=O) groups excluding carboxylic acids is 1. The molecule has 1 saturated carbocycles. The van der Waals surface area contributed by atoms with E-state index in [2.05, 4.69) is 0 Å². The molecule has 1 aromatic rings. The van der Waals surface area contributed by atoms with E-state index in [1.165, 1.54) is 4.90 Å². The molecule has 8 heteroatoms. The molecule has 0 spiro atoms. The van der Waals surface area contributed by atoms with Gasteiger partial charge >= 0.3 is 12.1 Å². The van der Waals surface area contributed by atoms with Crippen LogP contribution in [0.15, 0.2) is 24.3 Å². The largest absolute Gasteiger partial charge is 0.484 e. The first-order chi connectivity index (χ1) is 11.8. The molecular weight excluding hydrogens is 339 g/mol. The number of aliphatic carboxylic acids is 1. The number of ether oxygens (including phenoxy) is 1. The first kappa shape index (κ1) is 17.6. The topological polar surface area (TPSA) is 66.8 Å². The van der Waals surface area contributed by atoms with E-state index in [-0.39, 0.29) is 17.6 Å². The van der Waals surface area contributed by atoms with E-state index in [0.717, 1.165) is 43.5 Å². The van der Waals surface area contributed by atoms with Crippen molar-refractivity contribution in [2.24, 2.45) is 11.8 Å². The van der Waals surface area contributed by atoms with Crippen LogP contribution in [0.5, 0.6) is 5.75 Å². The number of alkyl halides is 3. The molecule has 1 aliphatic carbocycles. The van der Waals surface area contributed by atoms with Crippen molar-refractivity contribution in [3.8, 4) is 5.75 Å². The number of carbonyl (C=O) groups is 2. The Morgan fingerprint density at radius 1 is 1.20 bits per heavy atom. The van der Waals surface area contributed by atoms with Crippen LogP contribution < -0.4 is 4.74 Å². The van der Waals surface area contributed by atoms with Gasteiger partial charge in [-0.1, -0.05) is 6.42 Å². The summed E-state index contributed by atoms with van der Waals surface area (Å²) in [5.74, 6) is -1.16. The second-order valence-electron chi connectivity index (χ2n) is 6.49. The lowest BCUT2D eigenvalue weighted by Gasteiger charge is -2.24. The molecule has 1 heterocycles. The van der Waals surface area contributed by atoms with Crippen molar-refractivity contribution in [2.75, 3.05) is 13.2 Å². The Balaban J connectivity index is 1.61. The molecule has 1 aliphatic heterocycles. The van der Waals surface area contributed by atoms with Crippen LogP contribution >= 0.6 is 0 Å². The molecule has 3 rings (SSSR count). The fourth-order valence-electron chi connectivity index (χ4n) is 3.85. The highest BCUT2D eigenvalue weighted by molar-refractivity contribution is 5.85. The summed E-state index contributed by atoms with van der Waals surface area (Å²) in [6, 6.07) is 3.20. The van der Waals surface area contributed by atoms with Crippen LogP contribution in [0.2, 0.25) is 0 Å². The quantitative estimate of drug-likeness (QED) is 0.900. The molecule has 2 aliphatic rings. The van der Waals surface area contributed by atoms with Crippen LogP contribution in [-0.2, 0) is 15.8 Å². The van der Waals surface area contributed by atoms with Gasteiger partial charge in [-0.25, -0.2) is 4.79 Å². The Morgan fingerprint density at radius 2 is 1.88 bits per heavy atom. The predicted molar refractivity (Wildman–Crippen MR) is 80.9 cm³/mol. The lowest BCUT2D eigenvalue weighted by Crippen LogP contribution is -2.45. The smallest absolute Gasteiger partial charge is 0.416 e. The van der Waals surface area contributed by atoms with Crippen molar-refractivity contribution in [3.63, 3.8) is 0 Å². The first-order valence-electron chi connectivity index (χ1n) is 8.09. The van der Waals surface area contributed by atoms with Gasteiger partial charge in [0.2, 0.25) is 0 Å². The minimum Gasteiger partial charge on any atom is -0.484 e. The SMILES string of the molecule is O=C(O)C1C2CCCC2CN1C(=O)COc1ccc(C(F)(F)F)cc1. The summed E-state index contributed by atoms with van der Waals surface area (Å²) < 4.78 is 42.8. The zero-order valence-electron chi connectivity index (χ0n) is 13.3. The number of hydrogen-bond acceptors (Lipinski definition) is 3. The molecule has 0 radical (unpaired) electrons. The highest BCUT2D eigenvalue weighted by atomic mass is 19.4. The number of carboxylic acid groups (broad SMARTS) is 1. The number of halogens is 3. The van der Waals surface area contributed by atoms with E-state index in [1.807, 2.05) is 0 Å². The molecule has 0 bridgehead atoms. The van der Waals surface area contributed by atoms with Gasteiger partial charge in [0.1, 0.15) is 11.8 Å². The van der Waals surface area contributed by atoms with Crippen LogP contribution in [0.4, 0.5) is 13.2 Å². The molecule has 1 N–H and O–H groups in total. The number of hydrogen-bond donors (Lipinski definition) is 1. The van der Waals surface area contributed by atoms with Crippen molar-refractivity contribution >= 4 is 11.9 Å². The average molecular weight is 357 g/mol. The molecule has 25 heavy (non-hydrogen) atoms. The Labute approximate surface area is 142 Å². The molecule has 0 aromatic heterocycles. The van der Waals surface area contributed by atoms with Crippen LogP contribution in [0.3, 0.4) is 0 Å². The lowest BCUT2D eigenvalue weighted by atomic mass is 9.94. The minimum atomic E-state index is -4.43. The van der Waals surface area contributed by atoms with E-state index in [9.17, 15) is 27.9 Å². The predicted octanol–water partition coefficient (Wildman–Crippen LogP) is 2.80. The van der Waals surface area contributed by atoms with Crippen molar-refractivity contribution in [1.82, 2.24) is 4.90 Å². The van der Waals surface area contributed by atoms with Gasteiger partial charge in [0.15, 0.2) is 6.61 Å². The van der Waals surface area contributed by atoms with E-state index < -0.39 is 36.3 Å². The number of amides is 1. The van der Waals surface area contributed by atoms with Crippen LogP contribution in [0, 0.1) is 11.8 Å². The van der Waals surface area contributed by atoms with E-state index in [4.69, 9.17) is 4.74 Å². The summed E-state index contributed by atoms with van der Waals surface area (Å²) in [6.45, 7) is 0.00538. The summed E-state index contributed by atoms with van der Waals surface area (Å²) in [7, 11) is 0. The zero-order valence-corrected chi connectivity index (χ0v) is 13.3. The van der Waals surface area contributed by atoms with Crippen LogP contribution in [-0.4, -0.2) is 41.1 Å². The minimum absolute atomic E-state index is 0.0208. The average Bonchev–Trinajstić information content (AvgIpc) is 3.12. The third-order valence-corrected chi connectivity index (χ3v) is 5.01. The van der Waals surface area contributed by atoms with Gasteiger partial charge < -0.3 is 14.7 Å². The maximum atomic E-state index is 12.5. The summed E-state index contributed by atoms with van der Waals surface area (Å²) in [6.07, 6.45) is -1.75. The summed E-state index contributed by atoms with van der Waals surface area (Å²) >= 11 is 0. The zero-order chi connectivity index (χ0) is 18.2. The van der Waals surface area contributed by atoms with Crippen LogP contribution in [0.1, 0.15) is 24.8 Å². The summed E-state index contributed by atoms with van der Waals surface area (Å²) in [4.78, 5) is 25.2. The molecule has 136 valence electrons. The van der Waals surface area contributed by atoms with Gasteiger partial charge in [0.05, 0.1) is 5.56 Å². The summed E-state index contributed by atoms with van der Waals surface area (Å²) in [5, 5.41) is 9.43. The fraction of sp³-hybridized carbons (Fsp3) is 0.529. The van der Waals surface area contributed by atoms with Gasteiger partial charge in [0.25, 0.3) is 5.91 Å². The van der Waals surface area contributed by atoms with E-state index in [0.29, 0.717) is 6.54 Å². The molecule has 2 fully saturated rings. The van der Waals surface area contributed by atoms with Crippen molar-refractivity contribution in [2.45, 2.75) is 31.5 Å². The van der Waals surface area contributed by atoms with Crippen LogP contribution in [0.25, 0.3) is 0 Å². The van der Waals surface area contributed by atoms with Gasteiger partial charge in [0, 0.05) is 6.54 Å². The normalized spacial score (nSPS) is 25.7. The van der Waals surface area contributed by atoms with Gasteiger partial charge in [-0.15, -0.1) is 0 Å². The second kappa shape index (κ2) is 6.57. The molecule has 3 atom stereocenters. The number of benzene rings is 1. The number of likely N-dealkylation sites (tertiary alicyclic amines) is 1. The third-order valence-electron chi connectivity index (χ3n) is 5.01. The number of nitrogens with zero attached hydrogens (tertiary/aromatic N) is 1. The first-order valence-corrected chi connectivity index (χ1v) is 8.09. The maximum Gasteiger partial charge on any atom is 0.416 e. The Bertz CT molecular complexity index is 659. The lowest BCUT2D eigenvalue weighted by molar-refractivity contribution is -0.150. The van der Waals surface area contributed by atoms with Gasteiger partial charge in [-0.3, -0.25) is 4.79 Å². The number of fused-ring (bicyclic) bond motifs is 1. The summed E-state index contributed by atoms with van der Waals surface area (Å²) in [5.41, 5.74) is -0.801. The standard InChI is InChI=1S/C17H18F3NO4/c18-17(19,20)11-4-6-12(7-5-11)25-9-14(22)21-8-10-2-1-3-13(10)15(21)16(23)24/h4-7,10,13,15H,1-3,8-9H2,(H,23,24). The van der Waals surface area contributed by atoms with Crippen molar-refractivity contribution in [1.29, 1.82) is 0 Å². The molecule has 1 aromatic carbocycles. The Kier molecular flexibility index (Phi) is 4.62. The van der Waals surface area contributed by atoms with Gasteiger partial charge in [-0.2, -0.15) is 13.2 Å². The molecular formula is C17H18F3NO4. The Hall–Kier alpha value is -2.25. The number of rotatable bonds is 4. The highest BCUT2D eigenvalue weighted by Crippen LogP contribution is 2.42. The fourth-order valence-corrected chi connectivity index (χ4v) is 3.85. The highest BCUT2D eigenvalue weighted by Gasteiger charge is 2.49.